The number of hydrogen-bond donors (Lipinski definition) is 0. The van der Waals surface area contributed by atoms with E-state index in [1.54, 1.807) is 0 Å². The summed E-state index contributed by atoms with van der Waals surface area (Å²) < 4.78 is 0. The molecule has 0 aromatic carbocycles. The topological polar surface area (TPSA) is 0 Å². The van der Waals surface area contributed by atoms with Crippen molar-refractivity contribution in [3.05, 3.63) is 48.6 Å². The summed E-state index contributed by atoms with van der Waals surface area (Å²) in [6.45, 7) is 7.70. The molecular weight excluding hydrogens is 120 g/mol. The molecule has 0 aliphatic rings. The van der Waals surface area contributed by atoms with Crippen LogP contribution < -0.4 is 0 Å². The number of hydrogen-bond acceptors (Lipinski definition) is 0. The normalized spacial score (nSPS) is 12.2. The van der Waals surface area contributed by atoms with Gasteiger partial charge in [-0.25, -0.2) is 0 Å². The van der Waals surface area contributed by atoms with Crippen LogP contribution in [-0.2, 0) is 0 Å². The zero-order chi connectivity index (χ0) is 7.82. The SMILES string of the molecule is C=C(C)\C=C/C=C\C=C\C. The fourth-order valence-corrected chi connectivity index (χ4v) is 0.459. The van der Waals surface area contributed by atoms with Crippen LogP contribution in [0.2, 0.25) is 0 Å². The van der Waals surface area contributed by atoms with Crippen molar-refractivity contribution < 1.29 is 0 Å². The molecule has 0 nitrogen and oxygen atoms in total. The van der Waals surface area contributed by atoms with Crippen LogP contribution in [0.4, 0.5) is 0 Å². The van der Waals surface area contributed by atoms with E-state index in [-0.39, 0.29) is 0 Å². The lowest BCUT2D eigenvalue weighted by Crippen LogP contribution is -1.57. The van der Waals surface area contributed by atoms with E-state index in [0.717, 1.165) is 5.57 Å². The van der Waals surface area contributed by atoms with Crippen molar-refractivity contribution in [2.75, 3.05) is 0 Å². The first kappa shape index (κ1) is 8.96. The van der Waals surface area contributed by atoms with Crippen LogP contribution in [0, 0.1) is 0 Å². The molecule has 0 saturated heterocycles. The van der Waals surface area contributed by atoms with Crippen molar-refractivity contribution in [3.8, 4) is 0 Å². The molecule has 0 fully saturated rings. The molecule has 0 aliphatic carbocycles. The maximum absolute atomic E-state index is 3.73. The molecule has 0 radical (unpaired) electrons. The van der Waals surface area contributed by atoms with E-state index >= 15 is 0 Å². The van der Waals surface area contributed by atoms with Gasteiger partial charge in [0.2, 0.25) is 0 Å². The predicted octanol–water partition coefficient (Wildman–Crippen LogP) is 3.25. The van der Waals surface area contributed by atoms with Crippen LogP contribution in [-0.4, -0.2) is 0 Å². The summed E-state index contributed by atoms with van der Waals surface area (Å²) in [6.07, 6.45) is 11.9. The molecule has 0 N–H and O–H groups in total. The van der Waals surface area contributed by atoms with E-state index in [1.807, 2.05) is 50.3 Å². The van der Waals surface area contributed by atoms with E-state index in [0.29, 0.717) is 0 Å². The highest BCUT2D eigenvalue weighted by Gasteiger charge is 1.67. The second-order valence-corrected chi connectivity index (χ2v) is 2.12. The minimum Gasteiger partial charge on any atom is -0.0961 e. The maximum Gasteiger partial charge on any atom is -0.0404 e. The number of allylic oxidation sites excluding steroid dienone is 7. The molecule has 0 aromatic rings. The molecule has 0 spiro atoms. The Balaban J connectivity index is 3.62. The summed E-state index contributed by atoms with van der Waals surface area (Å²) >= 11 is 0. The Bertz CT molecular complexity index is 168. The Hall–Kier alpha value is -1.04. The lowest BCUT2D eigenvalue weighted by Gasteiger charge is -1.79. The van der Waals surface area contributed by atoms with Gasteiger partial charge >= 0.3 is 0 Å². The second kappa shape index (κ2) is 6.09. The van der Waals surface area contributed by atoms with Gasteiger partial charge in [-0.3, -0.25) is 0 Å². The van der Waals surface area contributed by atoms with Crippen LogP contribution in [0.25, 0.3) is 0 Å². The zero-order valence-corrected chi connectivity index (χ0v) is 6.67. The fraction of sp³-hybridized carbons (Fsp3) is 0.200. The largest absolute Gasteiger partial charge is 0.0961 e. The summed E-state index contributed by atoms with van der Waals surface area (Å²) in [7, 11) is 0. The molecule has 0 heteroatoms. The van der Waals surface area contributed by atoms with Gasteiger partial charge in [0.15, 0.2) is 0 Å². The first-order valence-electron chi connectivity index (χ1n) is 3.39. The summed E-state index contributed by atoms with van der Waals surface area (Å²) in [6, 6.07) is 0. The van der Waals surface area contributed by atoms with Crippen molar-refractivity contribution in [3.63, 3.8) is 0 Å². The molecule has 10 heavy (non-hydrogen) atoms. The Morgan fingerprint density at radius 1 is 1.10 bits per heavy atom. The Morgan fingerprint density at radius 2 is 1.70 bits per heavy atom. The highest BCUT2D eigenvalue weighted by molar-refractivity contribution is 5.18. The van der Waals surface area contributed by atoms with Crippen molar-refractivity contribution >= 4 is 0 Å². The summed E-state index contributed by atoms with van der Waals surface area (Å²) in [4.78, 5) is 0. The maximum atomic E-state index is 3.73. The molecule has 0 bridgehead atoms. The molecule has 0 heterocycles. The third-order valence-electron chi connectivity index (χ3n) is 0.907. The highest BCUT2D eigenvalue weighted by atomic mass is 13.7. The van der Waals surface area contributed by atoms with Crippen LogP contribution in [0.5, 0.6) is 0 Å². The fourth-order valence-electron chi connectivity index (χ4n) is 0.459. The molecule has 0 amide bonds. The van der Waals surface area contributed by atoms with Gasteiger partial charge in [-0.15, -0.1) is 0 Å². The van der Waals surface area contributed by atoms with Gasteiger partial charge < -0.3 is 0 Å². The minimum absolute atomic E-state index is 1.07. The zero-order valence-electron chi connectivity index (χ0n) is 6.67. The summed E-state index contributed by atoms with van der Waals surface area (Å²) in [5, 5.41) is 0. The molecule has 0 unspecified atom stereocenters. The van der Waals surface area contributed by atoms with Gasteiger partial charge in [0, 0.05) is 0 Å². The molecule has 0 aliphatic heterocycles. The molecular formula is C10H14. The quantitative estimate of drug-likeness (QED) is 0.520. The third kappa shape index (κ3) is 6.96. The van der Waals surface area contributed by atoms with E-state index < -0.39 is 0 Å². The monoisotopic (exact) mass is 134 g/mol. The first-order valence-corrected chi connectivity index (χ1v) is 3.39. The van der Waals surface area contributed by atoms with Crippen LogP contribution in [0.1, 0.15) is 13.8 Å². The molecule has 0 atom stereocenters. The van der Waals surface area contributed by atoms with Crippen molar-refractivity contribution in [1.82, 2.24) is 0 Å². The van der Waals surface area contributed by atoms with E-state index in [4.69, 9.17) is 0 Å². The molecule has 0 rings (SSSR count). The number of rotatable bonds is 3. The third-order valence-corrected chi connectivity index (χ3v) is 0.907. The average Bonchev–Trinajstić information content (AvgIpc) is 1.87. The van der Waals surface area contributed by atoms with Crippen molar-refractivity contribution in [2.24, 2.45) is 0 Å². The molecule has 0 aromatic heterocycles. The summed E-state index contributed by atoms with van der Waals surface area (Å²) in [5.74, 6) is 0. The van der Waals surface area contributed by atoms with Crippen LogP contribution in [0.15, 0.2) is 48.6 Å². The van der Waals surface area contributed by atoms with Gasteiger partial charge in [-0.2, -0.15) is 0 Å². The second-order valence-electron chi connectivity index (χ2n) is 2.12. The van der Waals surface area contributed by atoms with Gasteiger partial charge in [0.05, 0.1) is 0 Å². The van der Waals surface area contributed by atoms with Gasteiger partial charge in [0.25, 0.3) is 0 Å². The van der Waals surface area contributed by atoms with Crippen molar-refractivity contribution in [1.29, 1.82) is 0 Å². The Morgan fingerprint density at radius 3 is 2.20 bits per heavy atom. The lowest BCUT2D eigenvalue weighted by molar-refractivity contribution is 1.56. The average molecular weight is 134 g/mol. The highest BCUT2D eigenvalue weighted by Crippen LogP contribution is 1.89. The van der Waals surface area contributed by atoms with Gasteiger partial charge in [-0.05, 0) is 13.8 Å². The van der Waals surface area contributed by atoms with E-state index in [9.17, 15) is 0 Å². The Labute approximate surface area is 63.3 Å². The predicted molar refractivity (Wildman–Crippen MR) is 47.9 cm³/mol. The van der Waals surface area contributed by atoms with Gasteiger partial charge in [-0.1, -0.05) is 48.6 Å². The van der Waals surface area contributed by atoms with Crippen molar-refractivity contribution in [2.45, 2.75) is 13.8 Å². The first-order chi connectivity index (χ1) is 4.77. The van der Waals surface area contributed by atoms with E-state index in [1.165, 1.54) is 0 Å². The lowest BCUT2D eigenvalue weighted by atomic mass is 10.3. The summed E-state index contributed by atoms with van der Waals surface area (Å²) in [5.41, 5.74) is 1.07. The Kier molecular flexibility index (Phi) is 5.45. The molecule has 54 valence electrons. The van der Waals surface area contributed by atoms with Crippen LogP contribution >= 0.6 is 0 Å². The standard InChI is InChI=1S/C10H14/c1-4-5-6-7-8-9-10(2)3/h4-9H,2H2,1,3H3/b5-4+,7-6-,9-8-. The minimum atomic E-state index is 1.07. The smallest absolute Gasteiger partial charge is 0.0404 e. The van der Waals surface area contributed by atoms with Gasteiger partial charge in [0.1, 0.15) is 0 Å². The van der Waals surface area contributed by atoms with E-state index in [2.05, 4.69) is 6.58 Å². The van der Waals surface area contributed by atoms with Crippen LogP contribution in [0.3, 0.4) is 0 Å². The molecule has 0 saturated carbocycles.